The standard InChI is InChI=1S/C12H12ClNO/c13-9-3-1-2-7-6-11(15-12(7)9)8-4-5-10(8)14/h1-3,6,8,10H,4-5,14H2. The Hall–Kier alpha value is -0.990. The molecule has 15 heavy (non-hydrogen) atoms. The SMILES string of the molecule is NC1CCC1c1cc2cccc(Cl)c2o1. The minimum absolute atomic E-state index is 0.254. The van der Waals surface area contributed by atoms with Gasteiger partial charge in [0.05, 0.1) is 5.02 Å². The topological polar surface area (TPSA) is 39.2 Å². The first-order valence-corrected chi connectivity index (χ1v) is 5.57. The molecule has 2 aromatic rings. The average Bonchev–Trinajstić information content (AvgIpc) is 2.60. The van der Waals surface area contributed by atoms with E-state index in [0.717, 1.165) is 29.6 Å². The highest BCUT2D eigenvalue weighted by molar-refractivity contribution is 6.34. The van der Waals surface area contributed by atoms with Gasteiger partial charge in [0, 0.05) is 17.3 Å². The van der Waals surface area contributed by atoms with E-state index in [2.05, 4.69) is 6.07 Å². The summed E-state index contributed by atoms with van der Waals surface area (Å²) in [5.74, 6) is 1.37. The van der Waals surface area contributed by atoms with Crippen LogP contribution in [0.5, 0.6) is 0 Å². The van der Waals surface area contributed by atoms with Gasteiger partial charge in [-0.15, -0.1) is 0 Å². The molecule has 0 spiro atoms. The number of nitrogens with two attached hydrogens (primary N) is 1. The predicted molar refractivity (Wildman–Crippen MR) is 61.2 cm³/mol. The lowest BCUT2D eigenvalue weighted by molar-refractivity contribution is 0.303. The van der Waals surface area contributed by atoms with Gasteiger partial charge in [0.1, 0.15) is 5.76 Å². The van der Waals surface area contributed by atoms with Crippen LogP contribution in [0, 0.1) is 0 Å². The molecule has 1 saturated carbocycles. The van der Waals surface area contributed by atoms with Gasteiger partial charge in [0.2, 0.25) is 0 Å². The first-order valence-electron chi connectivity index (χ1n) is 5.19. The zero-order chi connectivity index (χ0) is 10.4. The third kappa shape index (κ3) is 1.36. The molecule has 3 rings (SSSR count). The quantitative estimate of drug-likeness (QED) is 0.803. The Morgan fingerprint density at radius 2 is 2.20 bits per heavy atom. The van der Waals surface area contributed by atoms with E-state index in [4.69, 9.17) is 21.8 Å². The van der Waals surface area contributed by atoms with Crippen LogP contribution in [-0.4, -0.2) is 6.04 Å². The Morgan fingerprint density at radius 3 is 2.80 bits per heavy atom. The minimum atomic E-state index is 0.254. The van der Waals surface area contributed by atoms with Crippen LogP contribution < -0.4 is 5.73 Å². The molecule has 3 heteroatoms. The first kappa shape index (κ1) is 9.25. The molecular weight excluding hydrogens is 210 g/mol. The Bertz CT molecular complexity index is 505. The lowest BCUT2D eigenvalue weighted by Gasteiger charge is -2.31. The number of para-hydroxylation sites is 1. The zero-order valence-electron chi connectivity index (χ0n) is 8.24. The average molecular weight is 222 g/mol. The first-order chi connectivity index (χ1) is 7.25. The highest BCUT2D eigenvalue weighted by Crippen LogP contribution is 2.39. The molecular formula is C12H12ClNO. The van der Waals surface area contributed by atoms with E-state index >= 15 is 0 Å². The molecule has 2 unspecified atom stereocenters. The summed E-state index contributed by atoms with van der Waals surface area (Å²) in [6.45, 7) is 0. The highest BCUT2D eigenvalue weighted by atomic mass is 35.5. The highest BCUT2D eigenvalue weighted by Gasteiger charge is 2.31. The molecule has 1 aliphatic carbocycles. The van der Waals surface area contributed by atoms with E-state index in [9.17, 15) is 0 Å². The van der Waals surface area contributed by atoms with Gasteiger partial charge in [-0.3, -0.25) is 0 Å². The van der Waals surface area contributed by atoms with E-state index in [0.29, 0.717) is 10.9 Å². The number of hydrogen-bond donors (Lipinski definition) is 1. The molecule has 78 valence electrons. The van der Waals surface area contributed by atoms with Crippen molar-refractivity contribution in [3.8, 4) is 0 Å². The van der Waals surface area contributed by atoms with Crippen LogP contribution >= 0.6 is 11.6 Å². The molecule has 1 aliphatic rings. The summed E-state index contributed by atoms with van der Waals surface area (Å²) in [5, 5.41) is 1.74. The molecule has 2 atom stereocenters. The van der Waals surface area contributed by atoms with Crippen molar-refractivity contribution < 1.29 is 4.42 Å². The zero-order valence-corrected chi connectivity index (χ0v) is 9.00. The van der Waals surface area contributed by atoms with Gasteiger partial charge in [-0.05, 0) is 25.0 Å². The van der Waals surface area contributed by atoms with Crippen LogP contribution in [0.25, 0.3) is 11.0 Å². The summed E-state index contributed by atoms with van der Waals surface area (Å²) >= 11 is 6.05. The van der Waals surface area contributed by atoms with E-state index in [-0.39, 0.29) is 6.04 Å². The molecule has 0 aliphatic heterocycles. The molecule has 0 saturated heterocycles. The monoisotopic (exact) mass is 221 g/mol. The Morgan fingerprint density at radius 1 is 1.33 bits per heavy atom. The number of halogens is 1. The molecule has 2 N–H and O–H groups in total. The summed E-state index contributed by atoms with van der Waals surface area (Å²) in [7, 11) is 0. The number of fused-ring (bicyclic) bond motifs is 1. The third-order valence-corrected chi connectivity index (χ3v) is 3.51. The summed E-state index contributed by atoms with van der Waals surface area (Å²) < 4.78 is 5.76. The summed E-state index contributed by atoms with van der Waals surface area (Å²) in [4.78, 5) is 0. The number of furan rings is 1. The van der Waals surface area contributed by atoms with Crippen molar-refractivity contribution in [3.05, 3.63) is 35.0 Å². The van der Waals surface area contributed by atoms with E-state index < -0.39 is 0 Å². The van der Waals surface area contributed by atoms with Gasteiger partial charge in [-0.25, -0.2) is 0 Å². The lowest BCUT2D eigenvalue weighted by atomic mass is 9.78. The fourth-order valence-electron chi connectivity index (χ4n) is 2.11. The molecule has 0 radical (unpaired) electrons. The van der Waals surface area contributed by atoms with Crippen molar-refractivity contribution in [2.45, 2.75) is 24.8 Å². The van der Waals surface area contributed by atoms with Gasteiger partial charge in [-0.2, -0.15) is 0 Å². The molecule has 1 aromatic heterocycles. The van der Waals surface area contributed by atoms with Crippen molar-refractivity contribution >= 4 is 22.6 Å². The smallest absolute Gasteiger partial charge is 0.152 e. The van der Waals surface area contributed by atoms with Crippen molar-refractivity contribution in [1.29, 1.82) is 0 Å². The molecule has 0 bridgehead atoms. The Kier molecular flexibility index (Phi) is 2.01. The molecule has 0 amide bonds. The van der Waals surface area contributed by atoms with Crippen molar-refractivity contribution in [2.24, 2.45) is 5.73 Å². The predicted octanol–water partition coefficient (Wildman–Crippen LogP) is 3.29. The normalized spacial score (nSPS) is 25.5. The van der Waals surface area contributed by atoms with Crippen LogP contribution in [0.2, 0.25) is 5.02 Å². The second kappa shape index (κ2) is 3.26. The van der Waals surface area contributed by atoms with Gasteiger partial charge >= 0.3 is 0 Å². The fourth-order valence-corrected chi connectivity index (χ4v) is 2.33. The second-order valence-electron chi connectivity index (χ2n) is 4.15. The Balaban J connectivity index is 2.10. The van der Waals surface area contributed by atoms with Crippen molar-refractivity contribution in [3.63, 3.8) is 0 Å². The molecule has 2 nitrogen and oxygen atoms in total. The Labute approximate surface area is 93.0 Å². The molecule has 1 aromatic carbocycles. The summed E-state index contributed by atoms with van der Waals surface area (Å²) in [5.41, 5.74) is 6.71. The molecule has 1 fully saturated rings. The maximum absolute atomic E-state index is 6.05. The number of rotatable bonds is 1. The van der Waals surface area contributed by atoms with Crippen LogP contribution in [0.1, 0.15) is 24.5 Å². The number of benzene rings is 1. The van der Waals surface area contributed by atoms with Crippen LogP contribution in [0.4, 0.5) is 0 Å². The maximum atomic E-state index is 6.05. The minimum Gasteiger partial charge on any atom is -0.459 e. The molecule has 1 heterocycles. The number of hydrogen-bond acceptors (Lipinski definition) is 2. The van der Waals surface area contributed by atoms with Crippen LogP contribution in [-0.2, 0) is 0 Å². The van der Waals surface area contributed by atoms with Crippen molar-refractivity contribution in [2.75, 3.05) is 0 Å². The second-order valence-corrected chi connectivity index (χ2v) is 4.56. The van der Waals surface area contributed by atoms with E-state index in [1.54, 1.807) is 0 Å². The van der Waals surface area contributed by atoms with E-state index in [1.807, 2.05) is 18.2 Å². The van der Waals surface area contributed by atoms with Crippen LogP contribution in [0.15, 0.2) is 28.7 Å². The summed E-state index contributed by atoms with van der Waals surface area (Å²) in [6, 6.07) is 8.11. The van der Waals surface area contributed by atoms with Gasteiger partial charge in [0.15, 0.2) is 5.58 Å². The third-order valence-electron chi connectivity index (χ3n) is 3.21. The van der Waals surface area contributed by atoms with Gasteiger partial charge < -0.3 is 10.2 Å². The van der Waals surface area contributed by atoms with Gasteiger partial charge in [0.25, 0.3) is 0 Å². The van der Waals surface area contributed by atoms with Crippen LogP contribution in [0.3, 0.4) is 0 Å². The lowest BCUT2D eigenvalue weighted by Crippen LogP contribution is -2.37. The summed E-state index contributed by atoms with van der Waals surface area (Å²) in [6.07, 6.45) is 2.22. The van der Waals surface area contributed by atoms with Crippen molar-refractivity contribution in [1.82, 2.24) is 0 Å². The maximum Gasteiger partial charge on any atom is 0.152 e. The van der Waals surface area contributed by atoms with E-state index in [1.165, 1.54) is 0 Å². The largest absolute Gasteiger partial charge is 0.459 e. The fraction of sp³-hybridized carbons (Fsp3) is 0.333. The van der Waals surface area contributed by atoms with Gasteiger partial charge in [-0.1, -0.05) is 23.7 Å².